The van der Waals surface area contributed by atoms with E-state index in [4.69, 9.17) is 0 Å². The molecule has 1 atom stereocenters. The number of nitrogens with zero attached hydrogens (tertiary/aromatic N) is 3. The van der Waals surface area contributed by atoms with Crippen LogP contribution in [0.3, 0.4) is 0 Å². The monoisotopic (exact) mass is 299 g/mol. The molecule has 2 aromatic heterocycles. The van der Waals surface area contributed by atoms with Gasteiger partial charge in [0.25, 0.3) is 5.92 Å². The summed E-state index contributed by atoms with van der Waals surface area (Å²) >= 11 is 0. The number of benzene rings is 1. The van der Waals surface area contributed by atoms with Gasteiger partial charge in [-0.15, -0.1) is 10.2 Å². The number of hydrogen-bond donors (Lipinski definition) is 0. The first-order chi connectivity index (χ1) is 10.5. The van der Waals surface area contributed by atoms with E-state index in [2.05, 4.69) is 16.3 Å². The lowest BCUT2D eigenvalue weighted by atomic mass is 10.0. The Balaban J connectivity index is 1.68. The van der Waals surface area contributed by atoms with Crippen LogP contribution in [0.5, 0.6) is 0 Å². The SMILES string of the molecule is Cc1cccc(-c2ccn3c(C[C@@H]4CC4(F)F)nnc3c2)c1. The highest BCUT2D eigenvalue weighted by Gasteiger charge is 2.56. The van der Waals surface area contributed by atoms with Gasteiger partial charge < -0.3 is 0 Å². The minimum Gasteiger partial charge on any atom is -0.286 e. The molecule has 1 saturated carbocycles. The number of fused-ring (bicyclic) bond motifs is 1. The second kappa shape index (κ2) is 4.60. The molecule has 0 amide bonds. The van der Waals surface area contributed by atoms with Gasteiger partial charge in [-0.1, -0.05) is 29.8 Å². The molecule has 0 saturated heterocycles. The molecule has 1 aliphatic carbocycles. The average Bonchev–Trinajstić information content (AvgIpc) is 2.91. The molecular weight excluding hydrogens is 284 g/mol. The maximum absolute atomic E-state index is 13.1. The largest absolute Gasteiger partial charge is 0.286 e. The van der Waals surface area contributed by atoms with Crippen LogP contribution in [-0.4, -0.2) is 20.5 Å². The standard InChI is InChI=1S/C17H15F2N3/c1-11-3-2-4-12(7-11)13-5-6-22-15(8-13)20-21-16(22)9-14-10-17(14,18)19/h2-8,14H,9-10H2,1H3/t14-/m1/s1. The van der Waals surface area contributed by atoms with Crippen LogP contribution in [0, 0.1) is 12.8 Å². The van der Waals surface area contributed by atoms with Crippen LogP contribution >= 0.6 is 0 Å². The van der Waals surface area contributed by atoms with Crippen LogP contribution in [0.2, 0.25) is 0 Å². The number of pyridine rings is 1. The third-order valence-corrected chi connectivity index (χ3v) is 4.22. The van der Waals surface area contributed by atoms with E-state index in [0.717, 1.165) is 11.1 Å². The highest BCUT2D eigenvalue weighted by Crippen LogP contribution is 2.50. The van der Waals surface area contributed by atoms with Crippen molar-refractivity contribution in [1.82, 2.24) is 14.6 Å². The van der Waals surface area contributed by atoms with Crippen molar-refractivity contribution in [1.29, 1.82) is 0 Å². The van der Waals surface area contributed by atoms with Crippen LogP contribution in [0.15, 0.2) is 42.6 Å². The molecule has 22 heavy (non-hydrogen) atoms. The Morgan fingerprint density at radius 3 is 2.68 bits per heavy atom. The molecule has 4 rings (SSSR count). The number of halogens is 2. The van der Waals surface area contributed by atoms with Crippen molar-refractivity contribution in [3.05, 3.63) is 54.0 Å². The minimum atomic E-state index is -2.52. The molecule has 0 spiro atoms. The Morgan fingerprint density at radius 1 is 1.18 bits per heavy atom. The molecule has 1 aliphatic rings. The first-order valence-electron chi connectivity index (χ1n) is 7.31. The van der Waals surface area contributed by atoms with Gasteiger partial charge >= 0.3 is 0 Å². The van der Waals surface area contributed by atoms with E-state index < -0.39 is 11.8 Å². The van der Waals surface area contributed by atoms with Gasteiger partial charge in [-0.05, 0) is 30.2 Å². The van der Waals surface area contributed by atoms with Gasteiger partial charge in [0.05, 0.1) is 0 Å². The number of aryl methyl sites for hydroxylation is 1. The second-order valence-corrected chi connectivity index (χ2v) is 6.00. The van der Waals surface area contributed by atoms with Crippen molar-refractivity contribution in [2.45, 2.75) is 25.7 Å². The lowest BCUT2D eigenvalue weighted by Crippen LogP contribution is -2.01. The van der Waals surface area contributed by atoms with E-state index in [0.29, 0.717) is 11.5 Å². The molecule has 5 heteroatoms. The summed E-state index contributed by atoms with van der Waals surface area (Å²) in [6, 6.07) is 12.1. The zero-order valence-corrected chi connectivity index (χ0v) is 12.1. The first kappa shape index (κ1) is 13.4. The lowest BCUT2D eigenvalue weighted by Gasteiger charge is -2.04. The summed E-state index contributed by atoms with van der Waals surface area (Å²) in [5.74, 6) is -2.50. The normalized spacial score (nSPS) is 19.5. The molecule has 0 aliphatic heterocycles. The maximum Gasteiger partial charge on any atom is 0.252 e. The average molecular weight is 299 g/mol. The van der Waals surface area contributed by atoms with Crippen molar-refractivity contribution in [3.63, 3.8) is 0 Å². The summed E-state index contributed by atoms with van der Waals surface area (Å²) in [7, 11) is 0. The van der Waals surface area contributed by atoms with Crippen molar-refractivity contribution in [2.75, 3.05) is 0 Å². The number of alkyl halides is 2. The number of hydrogen-bond acceptors (Lipinski definition) is 2. The Bertz CT molecular complexity index is 854. The summed E-state index contributed by atoms with van der Waals surface area (Å²) < 4.78 is 27.9. The smallest absolute Gasteiger partial charge is 0.252 e. The molecule has 3 aromatic rings. The van der Waals surface area contributed by atoms with Gasteiger partial charge in [0, 0.05) is 25.0 Å². The topological polar surface area (TPSA) is 30.2 Å². The molecular formula is C17H15F2N3. The van der Waals surface area contributed by atoms with Gasteiger partial charge in [0.15, 0.2) is 5.65 Å². The van der Waals surface area contributed by atoms with Gasteiger partial charge in [0.1, 0.15) is 5.82 Å². The summed E-state index contributed by atoms with van der Waals surface area (Å²) in [5, 5.41) is 8.20. The van der Waals surface area contributed by atoms with Crippen LogP contribution in [0.25, 0.3) is 16.8 Å². The zero-order valence-electron chi connectivity index (χ0n) is 12.1. The van der Waals surface area contributed by atoms with Crippen LogP contribution in [0.4, 0.5) is 8.78 Å². The van der Waals surface area contributed by atoms with Crippen molar-refractivity contribution in [3.8, 4) is 11.1 Å². The molecule has 112 valence electrons. The Labute approximate surface area is 126 Å². The van der Waals surface area contributed by atoms with E-state index in [1.54, 1.807) is 4.40 Å². The summed E-state index contributed by atoms with van der Waals surface area (Å²) in [5.41, 5.74) is 4.04. The highest BCUT2D eigenvalue weighted by molar-refractivity contribution is 5.67. The van der Waals surface area contributed by atoms with Crippen LogP contribution in [0.1, 0.15) is 17.8 Å². The second-order valence-electron chi connectivity index (χ2n) is 6.00. The molecule has 0 unspecified atom stereocenters. The third kappa shape index (κ3) is 2.26. The van der Waals surface area contributed by atoms with Crippen LogP contribution < -0.4 is 0 Å². The molecule has 0 bridgehead atoms. The van der Waals surface area contributed by atoms with Gasteiger partial charge in [0.2, 0.25) is 0 Å². The van der Waals surface area contributed by atoms with E-state index in [9.17, 15) is 8.78 Å². The van der Waals surface area contributed by atoms with Gasteiger partial charge in [-0.3, -0.25) is 4.40 Å². The molecule has 2 heterocycles. The number of rotatable bonds is 3. The van der Waals surface area contributed by atoms with Gasteiger partial charge in [-0.2, -0.15) is 0 Å². The summed E-state index contributed by atoms with van der Waals surface area (Å²) in [6.07, 6.45) is 2.10. The Morgan fingerprint density at radius 2 is 1.95 bits per heavy atom. The third-order valence-electron chi connectivity index (χ3n) is 4.22. The number of aromatic nitrogens is 3. The Hall–Kier alpha value is -2.30. The lowest BCUT2D eigenvalue weighted by molar-refractivity contribution is 0.0984. The first-order valence-corrected chi connectivity index (χ1v) is 7.31. The van der Waals surface area contributed by atoms with E-state index >= 15 is 0 Å². The Kier molecular flexibility index (Phi) is 2.79. The van der Waals surface area contributed by atoms with E-state index in [-0.39, 0.29) is 12.8 Å². The summed E-state index contributed by atoms with van der Waals surface area (Å²) in [4.78, 5) is 0. The predicted octanol–water partition coefficient (Wildman–Crippen LogP) is 3.90. The molecule has 1 aromatic carbocycles. The maximum atomic E-state index is 13.1. The van der Waals surface area contributed by atoms with Crippen molar-refractivity contribution in [2.24, 2.45) is 5.92 Å². The predicted molar refractivity (Wildman–Crippen MR) is 79.9 cm³/mol. The quantitative estimate of drug-likeness (QED) is 0.734. The van der Waals surface area contributed by atoms with Crippen LogP contribution in [-0.2, 0) is 6.42 Å². The van der Waals surface area contributed by atoms with Gasteiger partial charge in [-0.25, -0.2) is 8.78 Å². The highest BCUT2D eigenvalue weighted by atomic mass is 19.3. The fraction of sp³-hybridized carbons (Fsp3) is 0.294. The molecule has 0 radical (unpaired) electrons. The molecule has 3 nitrogen and oxygen atoms in total. The van der Waals surface area contributed by atoms with E-state index in [1.165, 1.54) is 5.56 Å². The van der Waals surface area contributed by atoms with Crippen molar-refractivity contribution >= 4 is 5.65 Å². The molecule has 1 fully saturated rings. The minimum absolute atomic E-state index is 0.0384. The summed E-state index contributed by atoms with van der Waals surface area (Å²) in [6.45, 7) is 2.05. The molecule has 0 N–H and O–H groups in total. The van der Waals surface area contributed by atoms with E-state index in [1.807, 2.05) is 43.5 Å². The zero-order chi connectivity index (χ0) is 15.3. The fourth-order valence-electron chi connectivity index (χ4n) is 2.80. The van der Waals surface area contributed by atoms with Crippen molar-refractivity contribution < 1.29 is 8.78 Å². The fourth-order valence-corrected chi connectivity index (χ4v) is 2.80.